The molecular weight excluding hydrogens is 1100 g/mol. The molecule has 0 spiro atoms. The topological polar surface area (TPSA) is 539 Å². The van der Waals surface area contributed by atoms with Crippen molar-refractivity contribution in [3.63, 3.8) is 0 Å². The molecule has 38 heteroatoms. The molecule has 81 heavy (non-hydrogen) atoms. The second-order valence-corrected chi connectivity index (χ2v) is 19.8. The maximum atomic E-state index is 10.8. The number of hydrogen-bond donors (Lipinski definition) is 16. The van der Waals surface area contributed by atoms with E-state index in [0.29, 0.717) is 0 Å². The van der Waals surface area contributed by atoms with Crippen molar-refractivity contribution in [2.24, 2.45) is 0 Å². The first kappa shape index (κ1) is 61.1. The van der Waals surface area contributed by atoms with E-state index in [1.54, 1.807) is 0 Å². The third kappa shape index (κ3) is 12.8. The molecule has 0 unspecified atom stereocenters. The van der Waals surface area contributed by atoms with Gasteiger partial charge in [0.15, 0.2) is 31.2 Å². The van der Waals surface area contributed by atoms with Crippen molar-refractivity contribution in [3.05, 3.63) is 47.6 Å². The average Bonchev–Trinajstić information content (AvgIpc) is 4.35. The number of nitrogens with zero attached hydrogens (tertiary/aromatic N) is 12. The van der Waals surface area contributed by atoms with Gasteiger partial charge in [0, 0.05) is 7.11 Å². The van der Waals surface area contributed by atoms with Gasteiger partial charge in [-0.1, -0.05) is 20.9 Å². The summed E-state index contributed by atoms with van der Waals surface area (Å²) in [5.41, 5.74) is 0.396. The van der Waals surface area contributed by atoms with Crippen LogP contribution >= 0.6 is 0 Å². The maximum Gasteiger partial charge on any atom is 0.186 e. The van der Waals surface area contributed by atoms with Gasteiger partial charge in [-0.3, -0.25) is 0 Å². The van der Waals surface area contributed by atoms with Crippen LogP contribution in [0, 0.1) is 0 Å². The standard InChI is InChI=1S/C43H66N12O26/c1-72-43-38(76-13-18-5-55(51-47-18)42-35(71)31(67)27(63)22(9-59)80-42)37(75-12-17-4-54(50-46-17)41-34(70)30(66)26(62)21(8-58)79-41)36(74-11-16-3-53(49-45-16)40-33(69)29(65)25(61)20(7-57)78-40)23(81-43)14-73-10-15-2-52(48-44-15)39-32(68)28(64)24(60)19(6-56)77-39/h2-5,19-43,56-71H,6-14H2,1H3/t19-,20-,21-,22-,23-,24-,25-,26-,27-,28+,29+,30+,31+,32+,33+,34+,35+,36-,37+,38-,39+,40+,41+,42+,43+/m1/s1. The summed E-state index contributed by atoms with van der Waals surface area (Å²) in [6.45, 7) is -4.79. The second kappa shape index (κ2) is 26.6. The van der Waals surface area contributed by atoms with Gasteiger partial charge in [0.05, 0.1) is 84.2 Å². The van der Waals surface area contributed by atoms with Crippen molar-refractivity contribution in [3.8, 4) is 0 Å². The molecule has 38 nitrogen and oxygen atoms in total. The summed E-state index contributed by atoms with van der Waals surface area (Å²) in [5, 5.41) is 198. The molecule has 9 heterocycles. The SMILES string of the molecule is CO[C@H]1O[C@H](COCc2cn([C@H]3O[C@H](CO)[C@@H](O)[C@H](O)[C@@H]3O)nn2)[C@@H](OCc2cn([C@H]3O[C@H](CO)[C@@H](O)[C@H](O)[C@@H]3O)nn2)[C@H](OCc2cn([C@H]3O[C@H](CO)[C@@H](O)[C@H](O)[C@@H]3O)nn2)[C@H]1OCc1cn([C@H]2O[C@H](CO)[C@@H](O)[C@H](O)[C@@H]2O)nn1. The van der Waals surface area contributed by atoms with Crippen LogP contribution in [0.25, 0.3) is 0 Å². The quantitative estimate of drug-likeness (QED) is 0.0347. The fraction of sp³-hybridized carbons (Fsp3) is 0.814. The van der Waals surface area contributed by atoms with Crippen LogP contribution < -0.4 is 0 Å². The normalized spacial score (nSPS) is 40.5. The summed E-state index contributed by atoms with van der Waals surface area (Å²) in [5.74, 6) is 0. The van der Waals surface area contributed by atoms with Gasteiger partial charge in [0.1, 0.15) is 145 Å². The van der Waals surface area contributed by atoms with E-state index < -0.39 is 200 Å². The number of aromatic nitrogens is 12. The summed E-state index contributed by atoms with van der Waals surface area (Å²) in [6, 6.07) is 0. The number of rotatable bonds is 22. The molecular formula is C43H66N12O26. The summed E-state index contributed by atoms with van der Waals surface area (Å²) in [4.78, 5) is 0. The molecule has 454 valence electrons. The van der Waals surface area contributed by atoms with E-state index in [-0.39, 0.29) is 36.0 Å². The first-order valence-electron chi connectivity index (χ1n) is 25.4. The Hall–Kier alpha value is -4.48. The Morgan fingerprint density at radius 1 is 0.370 bits per heavy atom. The van der Waals surface area contributed by atoms with Gasteiger partial charge < -0.3 is 129 Å². The lowest BCUT2D eigenvalue weighted by Crippen LogP contribution is -2.61. The molecule has 5 saturated heterocycles. The van der Waals surface area contributed by atoms with Gasteiger partial charge in [0.25, 0.3) is 0 Å². The molecule has 0 amide bonds. The summed E-state index contributed by atoms with van der Waals surface area (Å²) >= 11 is 0. The molecule has 0 radical (unpaired) electrons. The summed E-state index contributed by atoms with van der Waals surface area (Å²) in [7, 11) is 1.29. The van der Waals surface area contributed by atoms with E-state index in [1.165, 1.54) is 31.9 Å². The van der Waals surface area contributed by atoms with Gasteiger partial charge in [-0.25, -0.2) is 18.7 Å². The Bertz CT molecular complexity index is 2580. The van der Waals surface area contributed by atoms with Crippen LogP contribution in [0.3, 0.4) is 0 Å². The van der Waals surface area contributed by atoms with Crippen LogP contribution in [0.1, 0.15) is 47.7 Å². The third-order valence-electron chi connectivity index (χ3n) is 14.4. The highest BCUT2D eigenvalue weighted by molar-refractivity contribution is 5.02. The fourth-order valence-electron chi connectivity index (χ4n) is 9.81. The van der Waals surface area contributed by atoms with Crippen molar-refractivity contribution < 1.29 is 129 Å². The lowest BCUT2D eigenvalue weighted by molar-refractivity contribution is -0.323. The third-order valence-corrected chi connectivity index (χ3v) is 14.4. The molecule has 0 bridgehead atoms. The Morgan fingerprint density at radius 2 is 0.667 bits per heavy atom. The highest BCUT2D eigenvalue weighted by atomic mass is 16.7. The molecule has 4 aromatic heterocycles. The van der Waals surface area contributed by atoms with Gasteiger partial charge in [-0.05, 0) is 0 Å². The van der Waals surface area contributed by atoms with Crippen molar-refractivity contribution in [1.82, 2.24) is 60.0 Å². The largest absolute Gasteiger partial charge is 0.394 e. The average molecular weight is 1170 g/mol. The summed E-state index contributed by atoms with van der Waals surface area (Å²) < 4.78 is 64.5. The zero-order valence-electron chi connectivity index (χ0n) is 42.7. The Labute approximate surface area is 455 Å². The van der Waals surface area contributed by atoms with E-state index >= 15 is 0 Å². The number of methoxy groups -OCH3 is 1. The van der Waals surface area contributed by atoms with E-state index in [9.17, 15) is 81.7 Å². The van der Waals surface area contributed by atoms with Gasteiger partial charge in [-0.15, -0.1) is 20.4 Å². The van der Waals surface area contributed by atoms with Gasteiger partial charge in [-0.2, -0.15) is 0 Å². The minimum atomic E-state index is -1.75. The van der Waals surface area contributed by atoms with Crippen LogP contribution in [0.4, 0.5) is 0 Å². The van der Waals surface area contributed by atoms with Crippen molar-refractivity contribution in [2.75, 3.05) is 40.1 Å². The zero-order valence-corrected chi connectivity index (χ0v) is 42.7. The van der Waals surface area contributed by atoms with Gasteiger partial charge in [0.2, 0.25) is 0 Å². The highest BCUT2D eigenvalue weighted by Gasteiger charge is 2.51. The predicted molar refractivity (Wildman–Crippen MR) is 247 cm³/mol. The number of ether oxygens (including phenoxy) is 10. The maximum absolute atomic E-state index is 10.8. The fourth-order valence-corrected chi connectivity index (χ4v) is 9.81. The van der Waals surface area contributed by atoms with E-state index in [0.717, 1.165) is 18.7 Å². The van der Waals surface area contributed by atoms with Crippen molar-refractivity contribution in [1.29, 1.82) is 0 Å². The van der Waals surface area contributed by atoms with E-state index in [1.807, 2.05) is 0 Å². The molecule has 9 rings (SSSR count). The van der Waals surface area contributed by atoms with Gasteiger partial charge >= 0.3 is 0 Å². The van der Waals surface area contributed by atoms with Crippen LogP contribution in [-0.2, 0) is 73.8 Å². The van der Waals surface area contributed by atoms with Crippen molar-refractivity contribution >= 4 is 0 Å². The molecule has 0 aliphatic carbocycles. The molecule has 25 atom stereocenters. The first-order chi connectivity index (χ1) is 38.9. The summed E-state index contributed by atoms with van der Waals surface area (Å²) in [6.07, 6.45) is -32.5. The molecule has 4 aromatic rings. The van der Waals surface area contributed by atoms with Crippen LogP contribution in [-0.4, -0.2) is 310 Å². The Kier molecular flexibility index (Phi) is 20.1. The molecule has 0 saturated carbocycles. The van der Waals surface area contributed by atoms with Crippen molar-refractivity contribution in [2.45, 2.75) is 180 Å². The van der Waals surface area contributed by atoms with Crippen LogP contribution in [0.15, 0.2) is 24.8 Å². The Morgan fingerprint density at radius 3 is 0.975 bits per heavy atom. The number of aliphatic hydroxyl groups excluding tert-OH is 16. The predicted octanol–water partition coefficient (Wildman–Crippen LogP) is -11.4. The lowest BCUT2D eigenvalue weighted by Gasteiger charge is -2.45. The van der Waals surface area contributed by atoms with Crippen LogP contribution in [0.2, 0.25) is 0 Å². The number of hydrogen-bond acceptors (Lipinski definition) is 34. The highest BCUT2D eigenvalue weighted by Crippen LogP contribution is 2.35. The second-order valence-electron chi connectivity index (χ2n) is 19.8. The minimum Gasteiger partial charge on any atom is -0.394 e. The zero-order chi connectivity index (χ0) is 58.0. The molecule has 0 aromatic carbocycles. The Balaban J connectivity index is 0.995. The lowest BCUT2D eigenvalue weighted by atomic mass is 9.98. The molecule has 16 N–H and O–H groups in total. The molecule has 5 aliphatic heterocycles. The monoisotopic (exact) mass is 1170 g/mol. The molecule has 5 fully saturated rings. The van der Waals surface area contributed by atoms with Crippen LogP contribution in [0.5, 0.6) is 0 Å². The smallest absolute Gasteiger partial charge is 0.186 e. The minimum absolute atomic E-state index is 0.0742. The van der Waals surface area contributed by atoms with E-state index in [4.69, 9.17) is 47.4 Å². The van der Waals surface area contributed by atoms with E-state index in [2.05, 4.69) is 41.2 Å². The first-order valence-corrected chi connectivity index (χ1v) is 25.4. The molecule has 5 aliphatic rings. The number of aliphatic hydroxyl groups is 16.